The summed E-state index contributed by atoms with van der Waals surface area (Å²) in [7, 11) is 1.20. The number of aliphatic hydroxyl groups excluding tert-OH is 1. The van der Waals surface area contributed by atoms with Gasteiger partial charge in [-0.2, -0.15) is 0 Å². The van der Waals surface area contributed by atoms with Crippen LogP contribution >= 0.6 is 11.8 Å². The van der Waals surface area contributed by atoms with Crippen molar-refractivity contribution in [1.29, 1.82) is 0 Å². The Hall–Kier alpha value is -1.53. The fraction of sp³-hybridized carbons (Fsp3) is 0.333. The Bertz CT molecular complexity index is 419. The minimum atomic E-state index is -1.04. The van der Waals surface area contributed by atoms with Gasteiger partial charge in [-0.25, -0.2) is 4.79 Å². The molecule has 0 aliphatic carbocycles. The first-order chi connectivity index (χ1) is 8.62. The molecule has 18 heavy (non-hydrogen) atoms. The molecule has 0 heterocycles. The summed E-state index contributed by atoms with van der Waals surface area (Å²) in [4.78, 5) is 24.0. The highest BCUT2D eigenvalue weighted by Gasteiger charge is 2.20. The number of thioether (sulfide) groups is 1. The average Bonchev–Trinajstić information content (AvgIpc) is 2.43. The number of nitrogens with one attached hydrogen (secondary N) is 1. The van der Waals surface area contributed by atoms with Crippen LogP contribution in [-0.2, 0) is 9.53 Å². The van der Waals surface area contributed by atoms with Crippen molar-refractivity contribution < 1.29 is 19.4 Å². The van der Waals surface area contributed by atoms with E-state index in [1.54, 1.807) is 23.9 Å². The predicted octanol–water partition coefficient (Wildman–Crippen LogP) is 0.672. The van der Waals surface area contributed by atoms with Crippen LogP contribution in [0.25, 0.3) is 0 Å². The summed E-state index contributed by atoms with van der Waals surface area (Å²) in [5, 5.41) is 11.4. The highest BCUT2D eigenvalue weighted by molar-refractivity contribution is 7.98. The van der Waals surface area contributed by atoms with E-state index in [-0.39, 0.29) is 0 Å². The maximum Gasteiger partial charge on any atom is 0.330 e. The molecule has 1 aromatic carbocycles. The van der Waals surface area contributed by atoms with Gasteiger partial charge in [0.2, 0.25) is 0 Å². The fourth-order valence-corrected chi connectivity index (χ4v) is 1.71. The number of esters is 1. The second-order valence-corrected chi connectivity index (χ2v) is 4.34. The van der Waals surface area contributed by atoms with Gasteiger partial charge in [-0.3, -0.25) is 4.79 Å². The van der Waals surface area contributed by atoms with Crippen molar-refractivity contribution in [2.24, 2.45) is 0 Å². The SMILES string of the molecule is COC(=O)[C@@H](CO)NC(=O)c1ccc(SC)cc1. The van der Waals surface area contributed by atoms with E-state index >= 15 is 0 Å². The number of benzene rings is 1. The molecule has 0 fully saturated rings. The number of ether oxygens (including phenoxy) is 1. The third-order valence-corrected chi connectivity index (χ3v) is 3.07. The minimum absolute atomic E-state index is 0.424. The molecule has 0 aliphatic rings. The number of aliphatic hydroxyl groups is 1. The van der Waals surface area contributed by atoms with Gasteiger partial charge < -0.3 is 15.2 Å². The Morgan fingerprint density at radius 1 is 1.39 bits per heavy atom. The molecule has 98 valence electrons. The van der Waals surface area contributed by atoms with Crippen LogP contribution < -0.4 is 5.32 Å². The minimum Gasteiger partial charge on any atom is -0.467 e. The average molecular weight is 269 g/mol. The molecule has 0 aliphatic heterocycles. The van der Waals surface area contributed by atoms with Crippen LogP contribution in [0.5, 0.6) is 0 Å². The molecule has 1 rings (SSSR count). The lowest BCUT2D eigenvalue weighted by Gasteiger charge is -2.13. The smallest absolute Gasteiger partial charge is 0.330 e. The van der Waals surface area contributed by atoms with Gasteiger partial charge in [-0.1, -0.05) is 0 Å². The van der Waals surface area contributed by atoms with Gasteiger partial charge in [0.05, 0.1) is 13.7 Å². The largest absolute Gasteiger partial charge is 0.467 e. The van der Waals surface area contributed by atoms with Crippen molar-refractivity contribution in [1.82, 2.24) is 5.32 Å². The van der Waals surface area contributed by atoms with Gasteiger partial charge >= 0.3 is 5.97 Å². The standard InChI is InChI=1S/C12H15NO4S/c1-17-12(16)10(7-14)13-11(15)8-3-5-9(18-2)6-4-8/h3-6,10,14H,7H2,1-2H3,(H,13,15)/t10-/m1/s1. The normalized spacial score (nSPS) is 11.7. The zero-order valence-corrected chi connectivity index (χ0v) is 11.0. The van der Waals surface area contributed by atoms with E-state index in [9.17, 15) is 9.59 Å². The summed E-state index contributed by atoms with van der Waals surface area (Å²) >= 11 is 1.57. The summed E-state index contributed by atoms with van der Waals surface area (Å²) in [6.07, 6.45) is 1.94. The molecule has 0 saturated carbocycles. The van der Waals surface area contributed by atoms with Gasteiger partial charge in [0, 0.05) is 10.5 Å². The lowest BCUT2D eigenvalue weighted by Crippen LogP contribution is -2.44. The molecule has 2 N–H and O–H groups in total. The molecular weight excluding hydrogens is 254 g/mol. The van der Waals surface area contributed by atoms with E-state index in [0.29, 0.717) is 5.56 Å². The van der Waals surface area contributed by atoms with Crippen molar-refractivity contribution in [2.75, 3.05) is 20.0 Å². The van der Waals surface area contributed by atoms with Crippen molar-refractivity contribution >= 4 is 23.6 Å². The number of carbonyl (C=O) groups excluding carboxylic acids is 2. The first-order valence-corrected chi connectivity index (χ1v) is 6.48. The van der Waals surface area contributed by atoms with Crippen molar-refractivity contribution in [3.05, 3.63) is 29.8 Å². The zero-order valence-electron chi connectivity index (χ0n) is 10.2. The Morgan fingerprint density at radius 2 is 2.00 bits per heavy atom. The monoisotopic (exact) mass is 269 g/mol. The third kappa shape index (κ3) is 3.75. The summed E-state index contributed by atoms with van der Waals surface area (Å²) in [5.74, 6) is -1.10. The lowest BCUT2D eigenvalue weighted by atomic mass is 10.2. The number of rotatable bonds is 5. The summed E-state index contributed by atoms with van der Waals surface area (Å²) in [6.45, 7) is -0.499. The zero-order chi connectivity index (χ0) is 13.5. The first-order valence-electron chi connectivity index (χ1n) is 5.26. The molecule has 6 heteroatoms. The van der Waals surface area contributed by atoms with Crippen molar-refractivity contribution in [2.45, 2.75) is 10.9 Å². The molecule has 0 saturated heterocycles. The van der Waals surface area contributed by atoms with Crippen LogP contribution in [0.15, 0.2) is 29.2 Å². The number of hydrogen-bond donors (Lipinski definition) is 2. The number of methoxy groups -OCH3 is 1. The molecule has 0 aromatic heterocycles. The van der Waals surface area contributed by atoms with Gasteiger partial charge in [-0.05, 0) is 30.5 Å². The van der Waals surface area contributed by atoms with E-state index in [1.165, 1.54) is 7.11 Å². The van der Waals surface area contributed by atoms with E-state index in [0.717, 1.165) is 4.90 Å². The maximum absolute atomic E-state index is 11.8. The second kappa shape index (κ2) is 7.03. The van der Waals surface area contributed by atoms with Crippen LogP contribution in [0.1, 0.15) is 10.4 Å². The van der Waals surface area contributed by atoms with Crippen LogP contribution in [0.3, 0.4) is 0 Å². The van der Waals surface area contributed by atoms with Gasteiger partial charge in [0.1, 0.15) is 0 Å². The Balaban J connectivity index is 2.71. The quantitative estimate of drug-likeness (QED) is 0.607. The molecule has 1 amide bonds. The Kier molecular flexibility index (Phi) is 5.67. The molecular formula is C12H15NO4S. The fourth-order valence-electron chi connectivity index (χ4n) is 1.31. The van der Waals surface area contributed by atoms with E-state index < -0.39 is 24.5 Å². The highest BCUT2D eigenvalue weighted by Crippen LogP contribution is 2.14. The van der Waals surface area contributed by atoms with Crippen molar-refractivity contribution in [3.8, 4) is 0 Å². The van der Waals surface area contributed by atoms with Crippen LogP contribution in [0, 0.1) is 0 Å². The summed E-state index contributed by atoms with van der Waals surface area (Å²) in [6, 6.07) is 5.90. The van der Waals surface area contributed by atoms with Crippen LogP contribution in [0.4, 0.5) is 0 Å². The molecule has 0 bridgehead atoms. The Labute approximate surface area is 110 Å². The second-order valence-electron chi connectivity index (χ2n) is 3.46. The topological polar surface area (TPSA) is 75.6 Å². The molecule has 1 aromatic rings. The molecule has 0 spiro atoms. The molecule has 0 unspecified atom stereocenters. The molecule has 1 atom stereocenters. The van der Waals surface area contributed by atoms with E-state index in [1.807, 2.05) is 18.4 Å². The van der Waals surface area contributed by atoms with Gasteiger partial charge in [0.15, 0.2) is 6.04 Å². The summed E-state index contributed by atoms with van der Waals surface area (Å²) < 4.78 is 4.46. The van der Waals surface area contributed by atoms with Gasteiger partial charge in [-0.15, -0.1) is 11.8 Å². The van der Waals surface area contributed by atoms with Crippen LogP contribution in [0.2, 0.25) is 0 Å². The maximum atomic E-state index is 11.8. The highest BCUT2D eigenvalue weighted by atomic mass is 32.2. The third-order valence-electron chi connectivity index (χ3n) is 2.33. The lowest BCUT2D eigenvalue weighted by molar-refractivity contribution is -0.143. The number of amides is 1. The number of carbonyl (C=O) groups is 2. The van der Waals surface area contributed by atoms with Gasteiger partial charge in [0.25, 0.3) is 5.91 Å². The van der Waals surface area contributed by atoms with E-state index in [2.05, 4.69) is 10.1 Å². The number of hydrogen-bond acceptors (Lipinski definition) is 5. The summed E-state index contributed by atoms with van der Waals surface area (Å²) in [5.41, 5.74) is 0.426. The van der Waals surface area contributed by atoms with Crippen LogP contribution in [-0.4, -0.2) is 43.0 Å². The molecule has 5 nitrogen and oxygen atoms in total. The van der Waals surface area contributed by atoms with E-state index in [4.69, 9.17) is 5.11 Å². The Morgan fingerprint density at radius 3 is 2.44 bits per heavy atom. The first kappa shape index (κ1) is 14.5. The van der Waals surface area contributed by atoms with Crippen molar-refractivity contribution in [3.63, 3.8) is 0 Å². The molecule has 0 radical (unpaired) electrons. The predicted molar refractivity (Wildman–Crippen MR) is 68.6 cm³/mol.